The molecule has 0 saturated carbocycles. The van der Waals surface area contributed by atoms with Crippen LogP contribution in [0.25, 0.3) is 5.65 Å². The first-order chi connectivity index (χ1) is 16.1. The fourth-order valence-electron chi connectivity index (χ4n) is 4.29. The van der Waals surface area contributed by atoms with Gasteiger partial charge in [-0.2, -0.15) is 0 Å². The number of carbonyl (C=O) groups excluding carboxylic acids is 1. The summed E-state index contributed by atoms with van der Waals surface area (Å²) in [5.74, 6) is 0.671. The van der Waals surface area contributed by atoms with Crippen molar-refractivity contribution >= 4 is 17.2 Å². The number of aryl methyl sites for hydroxylation is 1. The maximum atomic E-state index is 12.9. The molecule has 3 aromatic heterocycles. The van der Waals surface area contributed by atoms with Crippen molar-refractivity contribution in [1.82, 2.24) is 29.4 Å². The minimum atomic E-state index is -0.176. The van der Waals surface area contributed by atoms with Gasteiger partial charge in [0.1, 0.15) is 0 Å². The van der Waals surface area contributed by atoms with E-state index in [2.05, 4.69) is 61.6 Å². The summed E-state index contributed by atoms with van der Waals surface area (Å²) in [6.07, 6.45) is 3.52. The summed E-state index contributed by atoms with van der Waals surface area (Å²) >= 11 is 0. The molecule has 1 aromatic carbocycles. The minimum Gasteiger partial charge on any atom is -0.322 e. The van der Waals surface area contributed by atoms with Crippen LogP contribution in [0.15, 0.2) is 67.0 Å². The molecule has 33 heavy (non-hydrogen) atoms. The number of nitrogens with zero attached hydrogens (tertiary/aromatic N) is 6. The van der Waals surface area contributed by atoms with Crippen LogP contribution in [0.3, 0.4) is 0 Å². The largest absolute Gasteiger partial charge is 0.322 e. The number of aromatic nitrogens is 4. The van der Waals surface area contributed by atoms with Crippen molar-refractivity contribution in [3.8, 4) is 0 Å². The SMILES string of the molecule is Cc1cc(NC(=O)c2ccc3nnc(C4CN(Cc5ccccc5)CCN4C)n3c2)ccn1. The van der Waals surface area contributed by atoms with Gasteiger partial charge in [-0.1, -0.05) is 30.3 Å². The van der Waals surface area contributed by atoms with Crippen molar-refractivity contribution in [2.24, 2.45) is 0 Å². The van der Waals surface area contributed by atoms with Crippen LogP contribution in [0.4, 0.5) is 5.69 Å². The molecule has 1 atom stereocenters. The van der Waals surface area contributed by atoms with E-state index in [1.54, 1.807) is 18.3 Å². The lowest BCUT2D eigenvalue weighted by Crippen LogP contribution is -2.46. The highest BCUT2D eigenvalue weighted by Gasteiger charge is 2.29. The van der Waals surface area contributed by atoms with E-state index in [4.69, 9.17) is 0 Å². The van der Waals surface area contributed by atoms with E-state index in [-0.39, 0.29) is 11.9 Å². The third-order valence-corrected chi connectivity index (χ3v) is 6.12. The Labute approximate surface area is 192 Å². The highest BCUT2D eigenvalue weighted by atomic mass is 16.1. The van der Waals surface area contributed by atoms with Crippen molar-refractivity contribution in [2.45, 2.75) is 19.5 Å². The van der Waals surface area contributed by atoms with Crippen LogP contribution in [0.1, 0.15) is 33.5 Å². The number of hydrogen-bond acceptors (Lipinski definition) is 6. The average Bonchev–Trinajstić information content (AvgIpc) is 3.24. The summed E-state index contributed by atoms with van der Waals surface area (Å²) in [4.78, 5) is 21.8. The summed E-state index contributed by atoms with van der Waals surface area (Å²) in [7, 11) is 2.12. The minimum absolute atomic E-state index is 0.0821. The lowest BCUT2D eigenvalue weighted by Gasteiger charge is -2.38. The van der Waals surface area contributed by atoms with Gasteiger partial charge in [0.15, 0.2) is 11.5 Å². The molecule has 1 aliphatic rings. The number of nitrogens with one attached hydrogen (secondary N) is 1. The molecule has 1 amide bonds. The van der Waals surface area contributed by atoms with Crippen molar-refractivity contribution < 1.29 is 4.79 Å². The molecule has 5 rings (SSSR count). The second-order valence-electron chi connectivity index (χ2n) is 8.56. The van der Waals surface area contributed by atoms with Gasteiger partial charge in [0.25, 0.3) is 5.91 Å². The van der Waals surface area contributed by atoms with Gasteiger partial charge in [-0.25, -0.2) is 0 Å². The summed E-state index contributed by atoms with van der Waals surface area (Å²) in [5.41, 5.74) is 4.16. The van der Waals surface area contributed by atoms with Crippen LogP contribution in [0, 0.1) is 6.92 Å². The van der Waals surface area contributed by atoms with Crippen molar-refractivity contribution in [2.75, 3.05) is 32.0 Å². The fraction of sp³-hybridized carbons (Fsp3) is 0.280. The number of pyridine rings is 2. The lowest BCUT2D eigenvalue weighted by atomic mass is 10.1. The summed E-state index contributed by atoms with van der Waals surface area (Å²) in [6, 6.07) is 17.9. The highest BCUT2D eigenvalue weighted by Crippen LogP contribution is 2.25. The Bertz CT molecular complexity index is 1270. The third kappa shape index (κ3) is 4.62. The van der Waals surface area contributed by atoms with E-state index < -0.39 is 0 Å². The van der Waals surface area contributed by atoms with Crippen molar-refractivity contribution in [3.05, 3.63) is 89.6 Å². The van der Waals surface area contributed by atoms with Gasteiger partial charge in [-0.15, -0.1) is 10.2 Å². The van der Waals surface area contributed by atoms with E-state index in [0.29, 0.717) is 5.56 Å². The molecule has 1 N–H and O–H groups in total. The number of hydrogen-bond donors (Lipinski definition) is 1. The Hall–Kier alpha value is -3.62. The Balaban J connectivity index is 1.39. The number of anilines is 1. The van der Waals surface area contributed by atoms with Gasteiger partial charge in [-0.3, -0.25) is 24.0 Å². The normalized spacial score (nSPS) is 17.3. The van der Waals surface area contributed by atoms with Crippen LogP contribution in [0.2, 0.25) is 0 Å². The molecule has 1 aliphatic heterocycles. The molecule has 168 valence electrons. The van der Waals surface area contributed by atoms with Crippen molar-refractivity contribution in [3.63, 3.8) is 0 Å². The van der Waals surface area contributed by atoms with E-state index in [9.17, 15) is 4.79 Å². The Morgan fingerprint density at radius 3 is 2.76 bits per heavy atom. The van der Waals surface area contributed by atoms with Crippen LogP contribution in [-0.4, -0.2) is 62.0 Å². The fourth-order valence-corrected chi connectivity index (χ4v) is 4.29. The van der Waals surface area contributed by atoms with Gasteiger partial charge >= 0.3 is 0 Å². The predicted octanol–water partition coefficient (Wildman–Crippen LogP) is 3.17. The molecule has 0 bridgehead atoms. The van der Waals surface area contributed by atoms with Gasteiger partial charge in [-0.05, 0) is 43.8 Å². The van der Waals surface area contributed by atoms with Crippen LogP contribution >= 0.6 is 0 Å². The maximum Gasteiger partial charge on any atom is 0.257 e. The van der Waals surface area contributed by atoms with Crippen molar-refractivity contribution in [1.29, 1.82) is 0 Å². The van der Waals surface area contributed by atoms with Crippen LogP contribution in [0.5, 0.6) is 0 Å². The first kappa shape index (κ1) is 21.2. The topological polar surface area (TPSA) is 78.7 Å². The Morgan fingerprint density at radius 1 is 1.09 bits per heavy atom. The first-order valence-corrected chi connectivity index (χ1v) is 11.1. The number of piperazine rings is 1. The molecule has 8 nitrogen and oxygen atoms in total. The molecule has 0 aliphatic carbocycles. The summed E-state index contributed by atoms with van der Waals surface area (Å²) in [5, 5.41) is 11.8. The molecule has 4 heterocycles. The second kappa shape index (κ2) is 9.09. The number of rotatable bonds is 5. The molecule has 1 fully saturated rings. The van der Waals surface area contributed by atoms with Crippen LogP contribution in [-0.2, 0) is 6.54 Å². The molecule has 1 saturated heterocycles. The van der Waals surface area contributed by atoms with E-state index >= 15 is 0 Å². The lowest BCUT2D eigenvalue weighted by molar-refractivity contribution is 0.0852. The van der Waals surface area contributed by atoms with Gasteiger partial charge in [0.2, 0.25) is 0 Å². The number of fused-ring (bicyclic) bond motifs is 1. The number of carbonyl (C=O) groups is 1. The van der Waals surface area contributed by atoms with E-state index in [0.717, 1.165) is 49.0 Å². The number of likely N-dealkylation sites (N-methyl/N-ethyl adjacent to an activating group) is 1. The monoisotopic (exact) mass is 441 g/mol. The molecule has 0 radical (unpaired) electrons. The Morgan fingerprint density at radius 2 is 1.94 bits per heavy atom. The smallest absolute Gasteiger partial charge is 0.257 e. The molecular formula is C25H27N7O. The third-order valence-electron chi connectivity index (χ3n) is 6.12. The zero-order valence-electron chi connectivity index (χ0n) is 18.8. The molecule has 0 spiro atoms. The number of benzene rings is 1. The summed E-state index contributed by atoms with van der Waals surface area (Å²) in [6.45, 7) is 5.58. The zero-order valence-corrected chi connectivity index (χ0v) is 18.8. The average molecular weight is 442 g/mol. The van der Waals surface area contributed by atoms with Gasteiger partial charge in [0, 0.05) is 50.0 Å². The summed E-state index contributed by atoms with van der Waals surface area (Å²) < 4.78 is 1.94. The molecule has 4 aromatic rings. The molecule has 8 heteroatoms. The predicted molar refractivity (Wildman–Crippen MR) is 127 cm³/mol. The standard InChI is InChI=1S/C25H27N7O/c1-18-14-21(10-11-26-18)27-25(33)20-8-9-23-28-29-24(32(23)16-20)22-17-31(13-12-30(22)2)15-19-6-4-3-5-7-19/h3-11,14,16,22H,12-13,15,17H2,1-2H3,(H,26,27,33). The van der Waals surface area contributed by atoms with E-state index in [1.807, 2.05) is 35.7 Å². The number of amides is 1. The quantitative estimate of drug-likeness (QED) is 0.513. The van der Waals surface area contributed by atoms with Crippen LogP contribution < -0.4 is 5.32 Å². The maximum absolute atomic E-state index is 12.9. The highest BCUT2D eigenvalue weighted by molar-refractivity contribution is 6.04. The van der Waals surface area contributed by atoms with Gasteiger partial charge in [0.05, 0.1) is 11.6 Å². The van der Waals surface area contributed by atoms with E-state index in [1.165, 1.54) is 5.56 Å². The zero-order chi connectivity index (χ0) is 22.8. The van der Waals surface area contributed by atoms with Gasteiger partial charge < -0.3 is 5.32 Å². The second-order valence-corrected chi connectivity index (χ2v) is 8.56. The molecule has 1 unspecified atom stereocenters. The Kier molecular flexibility index (Phi) is 5.85. The first-order valence-electron chi connectivity index (χ1n) is 11.1. The molecular weight excluding hydrogens is 414 g/mol.